The predicted octanol–water partition coefficient (Wildman–Crippen LogP) is 2.06. The number of hydrogen-bond acceptors (Lipinski definition) is 4. The Bertz CT molecular complexity index is 383. The molecule has 1 N–H and O–H groups in total. The van der Waals surface area contributed by atoms with Crippen LogP contribution in [0.2, 0.25) is 0 Å². The third kappa shape index (κ3) is 2.75. The minimum absolute atomic E-state index is 0.490. The molecular formula is C14H23N3O. The van der Waals surface area contributed by atoms with Gasteiger partial charge >= 0.3 is 0 Å². The van der Waals surface area contributed by atoms with Gasteiger partial charge in [0, 0.05) is 36.6 Å². The van der Waals surface area contributed by atoms with Gasteiger partial charge in [-0.25, -0.2) is 4.98 Å². The number of aromatic nitrogens is 1. The molecule has 1 aliphatic rings. The number of rotatable bonds is 4. The van der Waals surface area contributed by atoms with E-state index in [9.17, 15) is 0 Å². The first kappa shape index (κ1) is 13.1. The summed E-state index contributed by atoms with van der Waals surface area (Å²) < 4.78 is 5.21. The number of nitrogens with zero attached hydrogens (tertiary/aromatic N) is 2. The van der Waals surface area contributed by atoms with Gasteiger partial charge in [-0.2, -0.15) is 0 Å². The SMILES string of the molecule is CNC(C)C1CCCCN1c1ccnc(OC)c1. The third-order valence-electron chi connectivity index (χ3n) is 3.84. The van der Waals surface area contributed by atoms with Gasteiger partial charge in [-0.15, -0.1) is 0 Å². The molecule has 2 atom stereocenters. The van der Waals surface area contributed by atoms with Crippen molar-refractivity contribution in [2.75, 3.05) is 25.6 Å². The monoisotopic (exact) mass is 249 g/mol. The number of nitrogens with one attached hydrogen (secondary N) is 1. The normalized spacial score (nSPS) is 21.7. The Balaban J connectivity index is 2.21. The van der Waals surface area contributed by atoms with Crippen molar-refractivity contribution in [3.63, 3.8) is 0 Å². The minimum atomic E-state index is 0.490. The van der Waals surface area contributed by atoms with E-state index in [-0.39, 0.29) is 0 Å². The van der Waals surface area contributed by atoms with Crippen molar-refractivity contribution in [3.8, 4) is 5.88 Å². The molecular weight excluding hydrogens is 226 g/mol. The van der Waals surface area contributed by atoms with Gasteiger partial charge in [0.15, 0.2) is 0 Å². The van der Waals surface area contributed by atoms with E-state index in [1.54, 1.807) is 7.11 Å². The Morgan fingerprint density at radius 2 is 2.33 bits per heavy atom. The molecule has 0 amide bonds. The van der Waals surface area contributed by atoms with Crippen LogP contribution in [0, 0.1) is 0 Å². The summed E-state index contributed by atoms with van der Waals surface area (Å²) in [5.41, 5.74) is 1.22. The average molecular weight is 249 g/mol. The van der Waals surface area contributed by atoms with E-state index in [1.165, 1.54) is 24.9 Å². The highest BCUT2D eigenvalue weighted by atomic mass is 16.5. The van der Waals surface area contributed by atoms with Crippen LogP contribution in [0.25, 0.3) is 0 Å². The molecule has 4 nitrogen and oxygen atoms in total. The van der Waals surface area contributed by atoms with Crippen LogP contribution in [0.15, 0.2) is 18.3 Å². The van der Waals surface area contributed by atoms with Gasteiger partial charge < -0.3 is 15.0 Å². The lowest BCUT2D eigenvalue weighted by Gasteiger charge is -2.40. The van der Waals surface area contributed by atoms with Crippen molar-refractivity contribution in [2.24, 2.45) is 0 Å². The van der Waals surface area contributed by atoms with Gasteiger partial charge in [-0.3, -0.25) is 0 Å². The van der Waals surface area contributed by atoms with E-state index >= 15 is 0 Å². The van der Waals surface area contributed by atoms with E-state index in [0.717, 1.165) is 6.54 Å². The van der Waals surface area contributed by atoms with Gasteiger partial charge in [0.25, 0.3) is 0 Å². The average Bonchev–Trinajstić information content (AvgIpc) is 2.46. The molecule has 0 aliphatic carbocycles. The first-order chi connectivity index (χ1) is 8.76. The van der Waals surface area contributed by atoms with Crippen LogP contribution < -0.4 is 15.0 Å². The second-order valence-electron chi connectivity index (χ2n) is 4.89. The number of piperidine rings is 1. The molecule has 1 fully saturated rings. The maximum atomic E-state index is 5.21. The van der Waals surface area contributed by atoms with Gasteiger partial charge in [0.1, 0.15) is 0 Å². The van der Waals surface area contributed by atoms with Gasteiger partial charge in [0.05, 0.1) is 7.11 Å². The zero-order chi connectivity index (χ0) is 13.0. The molecule has 2 unspecified atom stereocenters. The smallest absolute Gasteiger partial charge is 0.214 e. The van der Waals surface area contributed by atoms with Crippen LogP contribution in [0.5, 0.6) is 5.88 Å². The van der Waals surface area contributed by atoms with E-state index in [0.29, 0.717) is 18.0 Å². The largest absolute Gasteiger partial charge is 0.481 e. The van der Waals surface area contributed by atoms with Crippen LogP contribution in [0.4, 0.5) is 5.69 Å². The number of hydrogen-bond donors (Lipinski definition) is 1. The summed E-state index contributed by atoms with van der Waals surface area (Å²) in [7, 11) is 3.70. The Hall–Kier alpha value is -1.29. The Kier molecular flexibility index (Phi) is 4.42. The molecule has 0 saturated carbocycles. The van der Waals surface area contributed by atoms with Crippen LogP contribution in [-0.4, -0.2) is 37.8 Å². The standard InChI is InChI=1S/C14H23N3O/c1-11(15-2)13-6-4-5-9-17(13)12-7-8-16-14(10-12)18-3/h7-8,10-11,13,15H,4-6,9H2,1-3H3. The quantitative estimate of drug-likeness (QED) is 0.886. The van der Waals surface area contributed by atoms with Crippen LogP contribution >= 0.6 is 0 Å². The molecule has 0 spiro atoms. The Labute approximate surface area is 109 Å². The maximum absolute atomic E-state index is 5.21. The van der Waals surface area contributed by atoms with Crippen LogP contribution in [0.3, 0.4) is 0 Å². The summed E-state index contributed by atoms with van der Waals surface area (Å²) >= 11 is 0. The van der Waals surface area contributed by atoms with Gasteiger partial charge in [0.2, 0.25) is 5.88 Å². The lowest BCUT2D eigenvalue weighted by Crippen LogP contribution is -2.50. The van der Waals surface area contributed by atoms with Crippen LogP contribution in [0.1, 0.15) is 26.2 Å². The summed E-state index contributed by atoms with van der Waals surface area (Å²) in [6, 6.07) is 5.14. The van der Waals surface area contributed by atoms with Crippen molar-refractivity contribution in [1.29, 1.82) is 0 Å². The van der Waals surface area contributed by atoms with Crippen molar-refractivity contribution < 1.29 is 4.74 Å². The van der Waals surface area contributed by atoms with Crippen LogP contribution in [-0.2, 0) is 0 Å². The highest BCUT2D eigenvalue weighted by molar-refractivity contribution is 5.49. The molecule has 0 bridgehead atoms. The number of ether oxygens (including phenoxy) is 1. The topological polar surface area (TPSA) is 37.4 Å². The van der Waals surface area contributed by atoms with E-state index in [1.807, 2.05) is 19.3 Å². The summed E-state index contributed by atoms with van der Waals surface area (Å²) in [5.74, 6) is 0.689. The maximum Gasteiger partial charge on any atom is 0.214 e. The molecule has 1 aromatic heterocycles. The number of pyridine rings is 1. The van der Waals surface area contributed by atoms with E-state index < -0.39 is 0 Å². The van der Waals surface area contributed by atoms with Gasteiger partial charge in [-0.1, -0.05) is 0 Å². The second-order valence-corrected chi connectivity index (χ2v) is 4.89. The molecule has 1 saturated heterocycles. The Morgan fingerprint density at radius 1 is 1.50 bits per heavy atom. The first-order valence-corrected chi connectivity index (χ1v) is 6.70. The van der Waals surface area contributed by atoms with Crippen molar-refractivity contribution >= 4 is 5.69 Å². The summed E-state index contributed by atoms with van der Waals surface area (Å²) in [6.45, 7) is 3.37. The number of methoxy groups -OCH3 is 1. The zero-order valence-electron chi connectivity index (χ0n) is 11.5. The molecule has 0 aromatic carbocycles. The fourth-order valence-corrected chi connectivity index (χ4v) is 2.68. The fourth-order valence-electron chi connectivity index (χ4n) is 2.68. The predicted molar refractivity (Wildman–Crippen MR) is 74.3 cm³/mol. The molecule has 2 rings (SSSR count). The summed E-state index contributed by atoms with van der Waals surface area (Å²) in [6.07, 6.45) is 5.64. The minimum Gasteiger partial charge on any atom is -0.481 e. The zero-order valence-corrected chi connectivity index (χ0v) is 11.5. The third-order valence-corrected chi connectivity index (χ3v) is 3.84. The lowest BCUT2D eigenvalue weighted by atomic mass is 9.96. The molecule has 1 aromatic rings. The van der Waals surface area contributed by atoms with Crippen molar-refractivity contribution in [2.45, 2.75) is 38.3 Å². The van der Waals surface area contributed by atoms with Gasteiger partial charge in [-0.05, 0) is 39.3 Å². The molecule has 1 aliphatic heterocycles. The number of likely N-dealkylation sites (N-methyl/N-ethyl adjacent to an activating group) is 1. The molecule has 2 heterocycles. The lowest BCUT2D eigenvalue weighted by molar-refractivity contribution is 0.379. The highest BCUT2D eigenvalue weighted by Crippen LogP contribution is 2.28. The summed E-state index contributed by atoms with van der Waals surface area (Å²) in [4.78, 5) is 6.66. The van der Waals surface area contributed by atoms with E-state index in [4.69, 9.17) is 4.74 Å². The summed E-state index contributed by atoms with van der Waals surface area (Å²) in [5, 5.41) is 3.37. The second kappa shape index (κ2) is 6.05. The first-order valence-electron chi connectivity index (χ1n) is 6.70. The fraction of sp³-hybridized carbons (Fsp3) is 0.643. The van der Waals surface area contributed by atoms with E-state index in [2.05, 4.69) is 28.2 Å². The van der Waals surface area contributed by atoms with Crippen molar-refractivity contribution in [3.05, 3.63) is 18.3 Å². The molecule has 100 valence electrons. The number of anilines is 1. The molecule has 0 radical (unpaired) electrons. The molecule has 4 heteroatoms. The Morgan fingerprint density at radius 3 is 3.06 bits per heavy atom. The highest BCUT2D eigenvalue weighted by Gasteiger charge is 2.26. The molecule has 18 heavy (non-hydrogen) atoms. The van der Waals surface area contributed by atoms with Crippen molar-refractivity contribution in [1.82, 2.24) is 10.3 Å².